The summed E-state index contributed by atoms with van der Waals surface area (Å²) in [5.41, 5.74) is 2.16. The van der Waals surface area contributed by atoms with Gasteiger partial charge in [-0.1, -0.05) is 13.8 Å². The van der Waals surface area contributed by atoms with E-state index in [1.807, 2.05) is 6.92 Å². The Bertz CT molecular complexity index is 563. The zero-order valence-electron chi connectivity index (χ0n) is 12.6. The topological polar surface area (TPSA) is 50.7 Å². The normalized spacial score (nSPS) is 11.1. The van der Waals surface area contributed by atoms with Crippen molar-refractivity contribution in [1.29, 1.82) is 0 Å². The average Bonchev–Trinajstić information content (AvgIpc) is 2.74. The molecule has 0 aliphatic carbocycles. The second kappa shape index (κ2) is 6.79. The van der Waals surface area contributed by atoms with E-state index in [4.69, 9.17) is 0 Å². The molecule has 5 heteroatoms. The van der Waals surface area contributed by atoms with Gasteiger partial charge in [0.1, 0.15) is 11.6 Å². The average molecular weight is 290 g/mol. The van der Waals surface area contributed by atoms with Crippen molar-refractivity contribution in [2.24, 2.45) is 5.92 Å². The summed E-state index contributed by atoms with van der Waals surface area (Å²) in [4.78, 5) is 13.7. The minimum Gasteiger partial charge on any atom is -0.370 e. The Morgan fingerprint density at radius 2 is 2.00 bits per heavy atom. The molecule has 0 spiro atoms. The van der Waals surface area contributed by atoms with Crippen molar-refractivity contribution < 1.29 is 0 Å². The molecule has 1 N–H and O–H groups in total. The lowest BCUT2D eigenvalue weighted by Gasteiger charge is -2.10. The van der Waals surface area contributed by atoms with Crippen molar-refractivity contribution in [3.8, 4) is 0 Å². The lowest BCUT2D eigenvalue weighted by atomic mass is 10.1. The Hall–Kier alpha value is -1.49. The van der Waals surface area contributed by atoms with Crippen LogP contribution in [0.15, 0.2) is 11.4 Å². The number of aromatic nitrogens is 3. The molecule has 2 aromatic heterocycles. The van der Waals surface area contributed by atoms with Gasteiger partial charge in [-0.25, -0.2) is 15.0 Å². The fourth-order valence-electron chi connectivity index (χ4n) is 2.08. The van der Waals surface area contributed by atoms with Gasteiger partial charge in [0.25, 0.3) is 0 Å². The third kappa shape index (κ3) is 4.27. The van der Waals surface area contributed by atoms with E-state index >= 15 is 0 Å². The van der Waals surface area contributed by atoms with Crippen LogP contribution in [0.3, 0.4) is 0 Å². The van der Waals surface area contributed by atoms with Crippen LogP contribution in [-0.4, -0.2) is 21.5 Å². The molecule has 4 nitrogen and oxygen atoms in total. The van der Waals surface area contributed by atoms with Crippen molar-refractivity contribution in [3.63, 3.8) is 0 Å². The van der Waals surface area contributed by atoms with Gasteiger partial charge in [-0.05, 0) is 26.2 Å². The van der Waals surface area contributed by atoms with E-state index in [1.165, 1.54) is 0 Å². The summed E-state index contributed by atoms with van der Waals surface area (Å²) in [6.45, 7) is 9.38. The first-order valence-corrected chi connectivity index (χ1v) is 7.96. The maximum absolute atomic E-state index is 4.67. The number of rotatable bonds is 6. The van der Waals surface area contributed by atoms with Gasteiger partial charge in [0.2, 0.25) is 0 Å². The Kier molecular flexibility index (Phi) is 5.06. The highest BCUT2D eigenvalue weighted by molar-refractivity contribution is 7.09. The van der Waals surface area contributed by atoms with Gasteiger partial charge in [-0.3, -0.25) is 0 Å². The van der Waals surface area contributed by atoms with Crippen LogP contribution in [0.1, 0.15) is 43.0 Å². The first-order chi connectivity index (χ1) is 9.56. The molecule has 2 heterocycles. The fourth-order valence-corrected chi connectivity index (χ4v) is 2.69. The lowest BCUT2D eigenvalue weighted by Crippen LogP contribution is -2.08. The van der Waals surface area contributed by atoms with Crippen molar-refractivity contribution in [2.45, 2.75) is 40.5 Å². The Morgan fingerprint density at radius 3 is 2.60 bits per heavy atom. The maximum atomic E-state index is 4.67. The molecular weight excluding hydrogens is 268 g/mol. The van der Waals surface area contributed by atoms with Crippen LogP contribution in [-0.2, 0) is 12.8 Å². The standard InChI is InChI=1S/C15H22N4S/c1-5-16-14-7-12(6-10(2)3)18-15(19-14)8-13-9-20-11(4)17-13/h7,9-10H,5-6,8H2,1-4H3,(H,16,18,19). The SMILES string of the molecule is CCNc1cc(CC(C)C)nc(Cc2csc(C)n2)n1. The minimum absolute atomic E-state index is 0.591. The van der Waals surface area contributed by atoms with Crippen molar-refractivity contribution >= 4 is 17.2 Å². The number of nitrogens with one attached hydrogen (secondary N) is 1. The number of hydrogen-bond acceptors (Lipinski definition) is 5. The van der Waals surface area contributed by atoms with Crippen LogP contribution in [0.4, 0.5) is 5.82 Å². The highest BCUT2D eigenvalue weighted by Crippen LogP contribution is 2.15. The van der Waals surface area contributed by atoms with Gasteiger partial charge in [0.15, 0.2) is 0 Å². The molecule has 0 radical (unpaired) electrons. The Balaban J connectivity index is 2.23. The van der Waals surface area contributed by atoms with E-state index in [0.717, 1.165) is 41.0 Å². The van der Waals surface area contributed by atoms with Gasteiger partial charge < -0.3 is 5.32 Å². The quantitative estimate of drug-likeness (QED) is 0.885. The second-order valence-electron chi connectivity index (χ2n) is 5.32. The van der Waals surface area contributed by atoms with E-state index in [-0.39, 0.29) is 0 Å². The number of aryl methyl sites for hydroxylation is 1. The van der Waals surface area contributed by atoms with Gasteiger partial charge >= 0.3 is 0 Å². The maximum Gasteiger partial charge on any atom is 0.136 e. The van der Waals surface area contributed by atoms with Crippen molar-refractivity contribution in [1.82, 2.24) is 15.0 Å². The van der Waals surface area contributed by atoms with Gasteiger partial charge in [-0.2, -0.15) is 0 Å². The molecule has 0 aromatic carbocycles. The molecule has 0 aliphatic heterocycles. The molecular formula is C15H22N4S. The molecule has 0 saturated carbocycles. The molecule has 2 rings (SSSR count). The van der Waals surface area contributed by atoms with Crippen LogP contribution in [0.5, 0.6) is 0 Å². The smallest absolute Gasteiger partial charge is 0.136 e. The van der Waals surface area contributed by atoms with Gasteiger partial charge in [0.05, 0.1) is 17.1 Å². The van der Waals surface area contributed by atoms with Crippen molar-refractivity contribution in [3.05, 3.63) is 33.7 Å². The first-order valence-electron chi connectivity index (χ1n) is 7.08. The zero-order valence-corrected chi connectivity index (χ0v) is 13.4. The summed E-state index contributed by atoms with van der Waals surface area (Å²) in [5, 5.41) is 6.46. The van der Waals surface area contributed by atoms with Gasteiger partial charge in [0, 0.05) is 23.7 Å². The van der Waals surface area contributed by atoms with Gasteiger partial charge in [-0.15, -0.1) is 11.3 Å². The summed E-state index contributed by atoms with van der Waals surface area (Å²) in [5.74, 6) is 2.36. The molecule has 0 saturated heterocycles. The molecule has 2 aromatic rings. The van der Waals surface area contributed by atoms with E-state index in [9.17, 15) is 0 Å². The minimum atomic E-state index is 0.591. The van der Waals surface area contributed by atoms with E-state index in [1.54, 1.807) is 11.3 Å². The van der Waals surface area contributed by atoms with Crippen LogP contribution in [0.25, 0.3) is 0 Å². The molecule has 0 unspecified atom stereocenters. The number of anilines is 1. The van der Waals surface area contributed by atoms with E-state index in [2.05, 4.69) is 52.5 Å². The summed E-state index contributed by atoms with van der Waals surface area (Å²) >= 11 is 1.67. The summed E-state index contributed by atoms with van der Waals surface area (Å²) in [7, 11) is 0. The second-order valence-corrected chi connectivity index (χ2v) is 6.39. The molecule has 0 atom stereocenters. The van der Waals surface area contributed by atoms with E-state index < -0.39 is 0 Å². The third-order valence-corrected chi connectivity index (χ3v) is 3.63. The molecule has 108 valence electrons. The van der Waals surface area contributed by atoms with Crippen molar-refractivity contribution in [2.75, 3.05) is 11.9 Å². The zero-order chi connectivity index (χ0) is 14.5. The summed E-state index contributed by atoms with van der Waals surface area (Å²) < 4.78 is 0. The van der Waals surface area contributed by atoms with E-state index in [0.29, 0.717) is 12.3 Å². The molecule has 0 fully saturated rings. The molecule has 0 aliphatic rings. The van der Waals surface area contributed by atoms with Crippen LogP contribution < -0.4 is 5.32 Å². The third-order valence-electron chi connectivity index (χ3n) is 2.81. The lowest BCUT2D eigenvalue weighted by molar-refractivity contribution is 0.631. The largest absolute Gasteiger partial charge is 0.370 e. The summed E-state index contributed by atoms with van der Waals surface area (Å²) in [6.07, 6.45) is 1.68. The predicted octanol–water partition coefficient (Wildman–Crippen LogP) is 3.46. The molecule has 0 bridgehead atoms. The number of nitrogens with zero attached hydrogens (tertiary/aromatic N) is 3. The summed E-state index contributed by atoms with van der Waals surface area (Å²) in [6, 6.07) is 2.05. The van der Waals surface area contributed by atoms with Crippen LogP contribution in [0, 0.1) is 12.8 Å². The molecule has 20 heavy (non-hydrogen) atoms. The first kappa shape index (κ1) is 14.9. The highest BCUT2D eigenvalue weighted by Gasteiger charge is 2.08. The highest BCUT2D eigenvalue weighted by atomic mass is 32.1. The number of thiazole rings is 1. The van der Waals surface area contributed by atoms with Crippen LogP contribution >= 0.6 is 11.3 Å². The Labute approximate surface area is 124 Å². The predicted molar refractivity (Wildman–Crippen MR) is 84.4 cm³/mol. The number of hydrogen-bond donors (Lipinski definition) is 1. The fraction of sp³-hybridized carbons (Fsp3) is 0.533. The Morgan fingerprint density at radius 1 is 1.20 bits per heavy atom. The van der Waals surface area contributed by atoms with Crippen LogP contribution in [0.2, 0.25) is 0 Å². The molecule has 0 amide bonds. The monoisotopic (exact) mass is 290 g/mol.